The lowest BCUT2D eigenvalue weighted by Crippen LogP contribution is -2.12. The largest absolute Gasteiger partial charge is 0.436 e. The van der Waals surface area contributed by atoms with Crippen LogP contribution in [0.3, 0.4) is 0 Å². The van der Waals surface area contributed by atoms with E-state index in [-0.39, 0.29) is 5.91 Å². The first kappa shape index (κ1) is 16.3. The monoisotopic (exact) mass is 364 g/mol. The van der Waals surface area contributed by atoms with Gasteiger partial charge in [-0.15, -0.1) is 0 Å². The Morgan fingerprint density at radius 2 is 1.61 bits per heavy atom. The minimum absolute atomic E-state index is 0.150. The average Bonchev–Trinajstić information content (AvgIpc) is 3.17. The molecule has 0 aliphatic heterocycles. The number of oxazole rings is 1. The van der Waals surface area contributed by atoms with E-state index in [1.54, 1.807) is 0 Å². The van der Waals surface area contributed by atoms with Crippen molar-refractivity contribution in [2.45, 2.75) is 0 Å². The molecule has 134 valence electrons. The van der Waals surface area contributed by atoms with Crippen LogP contribution in [-0.4, -0.2) is 10.9 Å². The summed E-state index contributed by atoms with van der Waals surface area (Å²) >= 11 is 0. The molecule has 0 bridgehead atoms. The van der Waals surface area contributed by atoms with Crippen molar-refractivity contribution in [2.75, 3.05) is 5.32 Å². The number of anilines is 1. The van der Waals surface area contributed by atoms with Gasteiger partial charge in [-0.2, -0.15) is 0 Å². The minimum atomic E-state index is -0.150. The molecular formula is C24H16N2O2. The second-order valence-electron chi connectivity index (χ2n) is 6.55. The summed E-state index contributed by atoms with van der Waals surface area (Å²) in [6.45, 7) is 0. The van der Waals surface area contributed by atoms with Crippen molar-refractivity contribution in [1.82, 2.24) is 4.98 Å². The van der Waals surface area contributed by atoms with E-state index in [0.717, 1.165) is 16.3 Å². The van der Waals surface area contributed by atoms with Crippen LogP contribution in [-0.2, 0) is 0 Å². The van der Waals surface area contributed by atoms with Gasteiger partial charge >= 0.3 is 0 Å². The highest BCUT2D eigenvalue weighted by Crippen LogP contribution is 2.27. The first-order chi connectivity index (χ1) is 13.8. The predicted molar refractivity (Wildman–Crippen MR) is 111 cm³/mol. The van der Waals surface area contributed by atoms with Crippen molar-refractivity contribution in [3.63, 3.8) is 0 Å². The summed E-state index contributed by atoms with van der Waals surface area (Å²) in [5, 5.41) is 4.93. The van der Waals surface area contributed by atoms with Crippen LogP contribution in [0.15, 0.2) is 95.4 Å². The highest BCUT2D eigenvalue weighted by Gasteiger charge is 2.12. The quantitative estimate of drug-likeness (QED) is 0.433. The molecule has 4 heteroatoms. The summed E-state index contributed by atoms with van der Waals surface area (Å²) in [5.41, 5.74) is 3.62. The molecule has 28 heavy (non-hydrogen) atoms. The molecule has 0 aliphatic rings. The molecule has 4 aromatic carbocycles. The van der Waals surface area contributed by atoms with Crippen molar-refractivity contribution in [1.29, 1.82) is 0 Å². The normalized spacial score (nSPS) is 11.0. The second kappa shape index (κ2) is 6.67. The molecule has 5 aromatic rings. The SMILES string of the molecule is O=C(Nc1ccc2oc(-c3ccccc3)nc2c1)c1cccc2ccccc12. The lowest BCUT2D eigenvalue weighted by molar-refractivity contribution is 0.102. The summed E-state index contributed by atoms with van der Waals surface area (Å²) < 4.78 is 5.83. The molecule has 1 aromatic heterocycles. The molecular weight excluding hydrogens is 348 g/mol. The molecule has 1 heterocycles. The maximum Gasteiger partial charge on any atom is 0.256 e. The molecule has 0 aliphatic carbocycles. The molecule has 5 rings (SSSR count). The van der Waals surface area contributed by atoms with Gasteiger partial charge in [-0.3, -0.25) is 4.79 Å². The minimum Gasteiger partial charge on any atom is -0.436 e. The number of carbonyl (C=O) groups is 1. The Morgan fingerprint density at radius 1 is 0.821 bits per heavy atom. The number of hydrogen-bond donors (Lipinski definition) is 1. The third kappa shape index (κ3) is 2.91. The molecule has 0 fully saturated rings. The topological polar surface area (TPSA) is 55.1 Å². The van der Waals surface area contributed by atoms with Crippen LogP contribution in [0.4, 0.5) is 5.69 Å². The number of benzene rings is 4. The smallest absolute Gasteiger partial charge is 0.256 e. The summed E-state index contributed by atoms with van der Waals surface area (Å²) in [6, 6.07) is 28.8. The van der Waals surface area contributed by atoms with Gasteiger partial charge in [0.05, 0.1) is 0 Å². The number of hydrogen-bond acceptors (Lipinski definition) is 3. The highest BCUT2D eigenvalue weighted by molar-refractivity contribution is 6.13. The van der Waals surface area contributed by atoms with Crippen LogP contribution < -0.4 is 5.32 Å². The van der Waals surface area contributed by atoms with E-state index in [4.69, 9.17) is 4.42 Å². The van der Waals surface area contributed by atoms with E-state index >= 15 is 0 Å². The molecule has 0 spiro atoms. The van der Waals surface area contributed by atoms with E-state index in [0.29, 0.717) is 28.2 Å². The Kier molecular flexibility index (Phi) is 3.87. The van der Waals surface area contributed by atoms with Gasteiger partial charge in [0.25, 0.3) is 5.91 Å². The maximum atomic E-state index is 12.8. The van der Waals surface area contributed by atoms with E-state index in [9.17, 15) is 4.79 Å². The fraction of sp³-hybridized carbons (Fsp3) is 0. The van der Waals surface area contributed by atoms with Gasteiger partial charge in [0.15, 0.2) is 5.58 Å². The summed E-state index contributed by atoms with van der Waals surface area (Å²) in [7, 11) is 0. The number of amides is 1. The zero-order valence-corrected chi connectivity index (χ0v) is 14.9. The number of aromatic nitrogens is 1. The van der Waals surface area contributed by atoms with Crippen molar-refractivity contribution in [3.8, 4) is 11.5 Å². The fourth-order valence-corrected chi connectivity index (χ4v) is 3.33. The van der Waals surface area contributed by atoms with Crippen molar-refractivity contribution in [3.05, 3.63) is 96.6 Å². The third-order valence-corrected chi connectivity index (χ3v) is 4.70. The van der Waals surface area contributed by atoms with Gasteiger partial charge in [-0.25, -0.2) is 4.98 Å². The fourth-order valence-electron chi connectivity index (χ4n) is 3.33. The molecule has 1 N–H and O–H groups in total. The summed E-state index contributed by atoms with van der Waals surface area (Å²) in [4.78, 5) is 17.4. The van der Waals surface area contributed by atoms with E-state index in [1.807, 2.05) is 91.0 Å². The Balaban J connectivity index is 1.47. The van der Waals surface area contributed by atoms with E-state index in [1.165, 1.54) is 0 Å². The van der Waals surface area contributed by atoms with Crippen molar-refractivity contribution in [2.24, 2.45) is 0 Å². The van der Waals surface area contributed by atoms with Crippen LogP contribution in [0.1, 0.15) is 10.4 Å². The number of carbonyl (C=O) groups excluding carboxylic acids is 1. The van der Waals surface area contributed by atoms with E-state index in [2.05, 4.69) is 10.3 Å². The van der Waals surface area contributed by atoms with Crippen LogP contribution in [0.2, 0.25) is 0 Å². The molecule has 0 radical (unpaired) electrons. The van der Waals surface area contributed by atoms with Crippen molar-refractivity contribution < 1.29 is 9.21 Å². The molecule has 0 unspecified atom stereocenters. The highest BCUT2D eigenvalue weighted by atomic mass is 16.3. The van der Waals surface area contributed by atoms with Crippen LogP contribution in [0, 0.1) is 0 Å². The van der Waals surface area contributed by atoms with Gasteiger partial charge < -0.3 is 9.73 Å². The first-order valence-corrected chi connectivity index (χ1v) is 9.03. The van der Waals surface area contributed by atoms with Gasteiger partial charge in [0.2, 0.25) is 5.89 Å². The lowest BCUT2D eigenvalue weighted by atomic mass is 10.0. The Hall–Kier alpha value is -3.92. The zero-order valence-electron chi connectivity index (χ0n) is 14.9. The molecule has 1 amide bonds. The predicted octanol–water partition coefficient (Wildman–Crippen LogP) is 5.90. The van der Waals surface area contributed by atoms with Gasteiger partial charge in [0.1, 0.15) is 5.52 Å². The van der Waals surface area contributed by atoms with Crippen molar-refractivity contribution >= 4 is 33.5 Å². The maximum absolute atomic E-state index is 12.8. The summed E-state index contributed by atoms with van der Waals surface area (Å²) in [6.07, 6.45) is 0. The van der Waals surface area contributed by atoms with Crippen LogP contribution in [0.25, 0.3) is 33.3 Å². The first-order valence-electron chi connectivity index (χ1n) is 9.03. The molecule has 0 saturated carbocycles. The van der Waals surface area contributed by atoms with Gasteiger partial charge in [0, 0.05) is 16.8 Å². The Bertz CT molecular complexity index is 1300. The molecule has 0 saturated heterocycles. The lowest BCUT2D eigenvalue weighted by Gasteiger charge is -2.08. The Labute approximate surface area is 161 Å². The second-order valence-corrected chi connectivity index (χ2v) is 6.55. The number of rotatable bonds is 3. The average molecular weight is 364 g/mol. The standard InChI is InChI=1S/C24H16N2O2/c27-23(20-12-6-10-16-7-4-5-11-19(16)20)25-18-13-14-22-21(15-18)26-24(28-22)17-8-2-1-3-9-17/h1-15H,(H,25,27). The number of fused-ring (bicyclic) bond motifs is 2. The molecule has 4 nitrogen and oxygen atoms in total. The van der Waals surface area contributed by atoms with Crippen LogP contribution >= 0.6 is 0 Å². The van der Waals surface area contributed by atoms with Gasteiger partial charge in [-0.1, -0.05) is 54.6 Å². The Morgan fingerprint density at radius 3 is 2.50 bits per heavy atom. The third-order valence-electron chi connectivity index (χ3n) is 4.70. The van der Waals surface area contributed by atoms with E-state index < -0.39 is 0 Å². The zero-order chi connectivity index (χ0) is 18.9. The number of nitrogens with one attached hydrogen (secondary N) is 1. The molecule has 0 atom stereocenters. The summed E-state index contributed by atoms with van der Waals surface area (Å²) in [5.74, 6) is 0.413. The number of nitrogens with zero attached hydrogens (tertiary/aromatic N) is 1. The van der Waals surface area contributed by atoms with Gasteiger partial charge in [-0.05, 0) is 47.2 Å². The van der Waals surface area contributed by atoms with Crippen LogP contribution in [0.5, 0.6) is 0 Å².